The van der Waals surface area contributed by atoms with E-state index in [1.165, 1.54) is 5.56 Å². The second-order valence-electron chi connectivity index (χ2n) is 6.64. The first-order valence-corrected chi connectivity index (χ1v) is 8.87. The van der Waals surface area contributed by atoms with E-state index in [9.17, 15) is 4.79 Å². The van der Waals surface area contributed by atoms with E-state index in [0.717, 1.165) is 37.9 Å². The molecular formula is C21H27ClN2O. The third-order valence-electron chi connectivity index (χ3n) is 4.97. The first kappa shape index (κ1) is 19.5. The van der Waals surface area contributed by atoms with Crippen molar-refractivity contribution in [1.29, 1.82) is 0 Å². The summed E-state index contributed by atoms with van der Waals surface area (Å²) < 4.78 is 0. The first-order chi connectivity index (χ1) is 11.7. The van der Waals surface area contributed by atoms with Gasteiger partial charge in [-0.3, -0.25) is 4.79 Å². The van der Waals surface area contributed by atoms with Gasteiger partial charge in [-0.2, -0.15) is 0 Å². The topological polar surface area (TPSA) is 46.3 Å². The summed E-state index contributed by atoms with van der Waals surface area (Å²) in [5.74, 6) is 0.742. The molecule has 1 amide bonds. The van der Waals surface area contributed by atoms with Crippen molar-refractivity contribution in [2.75, 3.05) is 13.1 Å². The molecule has 3 rings (SSSR count). The van der Waals surface area contributed by atoms with Crippen LogP contribution < -0.4 is 5.73 Å². The van der Waals surface area contributed by atoms with Crippen LogP contribution in [0.25, 0.3) is 0 Å². The van der Waals surface area contributed by atoms with Gasteiger partial charge in [0.25, 0.3) is 0 Å². The molecule has 25 heavy (non-hydrogen) atoms. The van der Waals surface area contributed by atoms with Crippen LogP contribution in [0.15, 0.2) is 60.7 Å². The van der Waals surface area contributed by atoms with E-state index in [2.05, 4.69) is 30.3 Å². The van der Waals surface area contributed by atoms with Crippen LogP contribution in [0.5, 0.6) is 0 Å². The number of amides is 1. The van der Waals surface area contributed by atoms with Crippen LogP contribution in [0.2, 0.25) is 0 Å². The molecule has 1 aliphatic heterocycles. The van der Waals surface area contributed by atoms with Gasteiger partial charge < -0.3 is 10.6 Å². The highest BCUT2D eigenvalue weighted by Crippen LogP contribution is 2.28. The summed E-state index contributed by atoms with van der Waals surface area (Å²) >= 11 is 0. The van der Waals surface area contributed by atoms with Gasteiger partial charge in [0.05, 0.1) is 0 Å². The maximum atomic E-state index is 12.6. The van der Waals surface area contributed by atoms with Crippen LogP contribution in [-0.2, 0) is 4.79 Å². The molecule has 1 saturated heterocycles. The Hall–Kier alpha value is -1.84. The highest BCUT2D eigenvalue weighted by atomic mass is 35.5. The Morgan fingerprint density at radius 2 is 1.64 bits per heavy atom. The van der Waals surface area contributed by atoms with Crippen LogP contribution in [0.1, 0.15) is 48.8 Å². The molecule has 134 valence electrons. The predicted octanol–water partition coefficient (Wildman–Crippen LogP) is 4.29. The number of halogens is 1. The fourth-order valence-corrected chi connectivity index (χ4v) is 3.54. The minimum Gasteiger partial charge on any atom is -0.343 e. The first-order valence-electron chi connectivity index (χ1n) is 8.87. The quantitative estimate of drug-likeness (QED) is 0.885. The van der Waals surface area contributed by atoms with Crippen molar-refractivity contribution >= 4 is 18.3 Å². The predicted molar refractivity (Wildman–Crippen MR) is 105 cm³/mol. The molecule has 2 N–H and O–H groups in total. The van der Waals surface area contributed by atoms with Crippen molar-refractivity contribution in [3.63, 3.8) is 0 Å². The van der Waals surface area contributed by atoms with Gasteiger partial charge in [-0.1, -0.05) is 60.7 Å². The largest absolute Gasteiger partial charge is 0.343 e. The average Bonchev–Trinajstić information content (AvgIpc) is 2.89. The van der Waals surface area contributed by atoms with Gasteiger partial charge in [0.15, 0.2) is 0 Å². The van der Waals surface area contributed by atoms with Gasteiger partial charge in [-0.25, -0.2) is 0 Å². The second-order valence-corrected chi connectivity index (χ2v) is 6.64. The van der Waals surface area contributed by atoms with Crippen LogP contribution >= 0.6 is 12.4 Å². The second kappa shape index (κ2) is 9.59. The van der Waals surface area contributed by atoms with E-state index < -0.39 is 0 Å². The van der Waals surface area contributed by atoms with Gasteiger partial charge in [0.2, 0.25) is 5.91 Å². The lowest BCUT2D eigenvalue weighted by atomic mass is 9.92. The van der Waals surface area contributed by atoms with Gasteiger partial charge >= 0.3 is 0 Å². The summed E-state index contributed by atoms with van der Waals surface area (Å²) in [6.07, 6.45) is 3.64. The van der Waals surface area contributed by atoms with Crippen molar-refractivity contribution in [1.82, 2.24) is 4.90 Å². The summed E-state index contributed by atoms with van der Waals surface area (Å²) in [5.41, 5.74) is 8.64. The molecule has 1 heterocycles. The summed E-state index contributed by atoms with van der Waals surface area (Å²) in [4.78, 5) is 14.6. The third kappa shape index (κ3) is 5.32. The van der Waals surface area contributed by atoms with Gasteiger partial charge in [-0.15, -0.1) is 12.4 Å². The Kier molecular flexibility index (Phi) is 7.48. The van der Waals surface area contributed by atoms with Gasteiger partial charge in [0.1, 0.15) is 0 Å². The molecular weight excluding hydrogens is 332 g/mol. The lowest BCUT2D eigenvalue weighted by Gasteiger charge is -2.23. The summed E-state index contributed by atoms with van der Waals surface area (Å²) in [6, 6.07) is 20.3. The molecule has 2 unspecified atom stereocenters. The highest BCUT2D eigenvalue weighted by Gasteiger charge is 2.23. The van der Waals surface area contributed by atoms with Gasteiger partial charge in [-0.05, 0) is 36.3 Å². The summed E-state index contributed by atoms with van der Waals surface area (Å²) in [7, 11) is 0. The van der Waals surface area contributed by atoms with Crippen molar-refractivity contribution in [2.45, 2.75) is 37.6 Å². The minimum absolute atomic E-state index is 0. The normalized spacial score (nSPS) is 18.8. The lowest BCUT2D eigenvalue weighted by Crippen LogP contribution is -2.34. The van der Waals surface area contributed by atoms with Crippen LogP contribution in [0, 0.1) is 0 Å². The number of likely N-dealkylation sites (tertiary alicyclic amines) is 1. The minimum atomic E-state index is -0.216. The number of rotatable bonds is 4. The molecule has 0 saturated carbocycles. The summed E-state index contributed by atoms with van der Waals surface area (Å²) in [5, 5.41) is 0. The number of carbonyl (C=O) groups excluding carboxylic acids is 1. The fourth-order valence-electron chi connectivity index (χ4n) is 3.54. The number of nitrogens with two attached hydrogens (primary N) is 1. The van der Waals surface area contributed by atoms with Crippen molar-refractivity contribution in [2.24, 2.45) is 5.73 Å². The monoisotopic (exact) mass is 358 g/mol. The van der Waals surface area contributed by atoms with E-state index in [1.54, 1.807) is 0 Å². The Labute approximate surface area is 156 Å². The Bertz CT molecular complexity index is 647. The Morgan fingerprint density at radius 3 is 2.32 bits per heavy atom. The molecule has 2 aromatic carbocycles. The molecule has 0 spiro atoms. The Morgan fingerprint density at radius 1 is 1.00 bits per heavy atom. The molecule has 2 atom stereocenters. The lowest BCUT2D eigenvalue weighted by molar-refractivity contribution is -0.131. The van der Waals surface area contributed by atoms with E-state index >= 15 is 0 Å². The van der Waals surface area contributed by atoms with Crippen LogP contribution in [-0.4, -0.2) is 23.9 Å². The SMILES string of the molecule is Cl.NC(CC(=O)N1CCCC(c2ccccc2)CC1)c1ccccc1. The zero-order valence-corrected chi connectivity index (χ0v) is 15.3. The zero-order chi connectivity index (χ0) is 16.8. The highest BCUT2D eigenvalue weighted by molar-refractivity contribution is 5.85. The number of carbonyl (C=O) groups is 1. The smallest absolute Gasteiger partial charge is 0.224 e. The molecule has 3 nitrogen and oxygen atoms in total. The third-order valence-corrected chi connectivity index (χ3v) is 4.97. The molecule has 4 heteroatoms. The van der Waals surface area contributed by atoms with Crippen LogP contribution in [0.4, 0.5) is 0 Å². The van der Waals surface area contributed by atoms with E-state index in [4.69, 9.17) is 5.73 Å². The summed E-state index contributed by atoms with van der Waals surface area (Å²) in [6.45, 7) is 1.68. The van der Waals surface area contributed by atoms with Crippen molar-refractivity contribution in [3.05, 3.63) is 71.8 Å². The Balaban J connectivity index is 0.00000225. The number of nitrogens with zero attached hydrogens (tertiary/aromatic N) is 1. The maximum absolute atomic E-state index is 12.6. The number of hydrogen-bond donors (Lipinski definition) is 1. The van der Waals surface area contributed by atoms with Crippen molar-refractivity contribution in [3.8, 4) is 0 Å². The standard InChI is InChI=1S/C21H26N2O.ClH/c22-20(19-10-5-2-6-11-19)16-21(24)23-14-7-12-18(13-15-23)17-8-3-1-4-9-17;/h1-6,8-11,18,20H,7,12-16,22H2;1H. The van der Waals surface area contributed by atoms with Gasteiger partial charge in [0, 0.05) is 25.6 Å². The number of hydrogen-bond acceptors (Lipinski definition) is 2. The molecule has 0 radical (unpaired) electrons. The molecule has 2 aromatic rings. The molecule has 0 aromatic heterocycles. The van der Waals surface area contributed by atoms with E-state index in [-0.39, 0.29) is 24.4 Å². The molecule has 1 aliphatic rings. The number of benzene rings is 2. The van der Waals surface area contributed by atoms with E-state index in [1.807, 2.05) is 35.2 Å². The average molecular weight is 359 g/mol. The van der Waals surface area contributed by atoms with Crippen molar-refractivity contribution < 1.29 is 4.79 Å². The fraction of sp³-hybridized carbons (Fsp3) is 0.381. The molecule has 0 bridgehead atoms. The van der Waals surface area contributed by atoms with E-state index in [0.29, 0.717) is 12.3 Å². The zero-order valence-electron chi connectivity index (χ0n) is 14.5. The maximum Gasteiger partial charge on any atom is 0.224 e. The molecule has 1 fully saturated rings. The molecule has 0 aliphatic carbocycles. The van der Waals surface area contributed by atoms with Crippen LogP contribution in [0.3, 0.4) is 0 Å².